The molecule has 0 unspecified atom stereocenters. The van der Waals surface area contributed by atoms with Crippen molar-refractivity contribution in [2.24, 2.45) is 0 Å². The summed E-state index contributed by atoms with van der Waals surface area (Å²) in [5.74, 6) is 1.24. The van der Waals surface area contributed by atoms with Gasteiger partial charge in [0, 0.05) is 19.9 Å². The highest BCUT2D eigenvalue weighted by molar-refractivity contribution is 5.70. The van der Waals surface area contributed by atoms with E-state index in [0.29, 0.717) is 41.6 Å². The van der Waals surface area contributed by atoms with E-state index in [1.165, 1.54) is 6.92 Å². The lowest BCUT2D eigenvalue weighted by molar-refractivity contribution is 0.244. The Morgan fingerprint density at radius 2 is 2.27 bits per heavy atom. The zero-order chi connectivity index (χ0) is 23.8. The van der Waals surface area contributed by atoms with Crippen molar-refractivity contribution in [1.82, 2.24) is 15.5 Å². The molecule has 1 heterocycles. The minimum absolute atomic E-state index is 0.0406. The molecule has 2 aromatic carbocycles. The summed E-state index contributed by atoms with van der Waals surface area (Å²) in [5, 5.41) is 7.25. The summed E-state index contributed by atoms with van der Waals surface area (Å²) in [5.41, 5.74) is 3.57. The highest BCUT2D eigenvalue weighted by atomic mass is 16.5. The molecule has 0 bridgehead atoms. The van der Waals surface area contributed by atoms with Crippen LogP contribution in [-0.4, -0.2) is 22.8 Å². The van der Waals surface area contributed by atoms with Gasteiger partial charge in [-0.1, -0.05) is 30.3 Å². The number of aromatic nitrogens is 2. The number of fused-ring (bicyclic) bond motifs is 1. The smallest absolute Gasteiger partial charge is 0.256 e. The molecule has 1 atom stereocenters. The Morgan fingerprint density at radius 3 is 3.03 bits per heavy atom. The predicted octanol–water partition coefficient (Wildman–Crippen LogP) is 5.73. The molecular weight excluding hydrogens is 376 g/mol. The Kier molecular flexibility index (Phi) is 4.81. The van der Waals surface area contributed by atoms with Crippen LogP contribution >= 0.6 is 0 Å². The predicted molar refractivity (Wildman–Crippen MR) is 117 cm³/mol. The monoisotopic (exact) mass is 405 g/mol. The molecule has 0 spiro atoms. The normalized spacial score (nSPS) is 19.6. The zero-order valence-electron chi connectivity index (χ0n) is 20.3. The fraction of sp³-hybridized carbons (Fsp3) is 0.375. The molecule has 4 rings (SSSR count). The van der Waals surface area contributed by atoms with E-state index < -0.39 is 12.4 Å². The molecule has 6 heteroatoms. The molecule has 154 valence electrons. The largest absolute Gasteiger partial charge is 0.502 e. The molecular formula is C24H26N4O2. The van der Waals surface area contributed by atoms with Gasteiger partial charge in [0.2, 0.25) is 11.5 Å². The van der Waals surface area contributed by atoms with Crippen LogP contribution in [0.1, 0.15) is 54.8 Å². The number of nitrogens with zero attached hydrogens (tertiary/aromatic N) is 3. The van der Waals surface area contributed by atoms with Gasteiger partial charge in [0.1, 0.15) is 5.75 Å². The van der Waals surface area contributed by atoms with Gasteiger partial charge >= 0.3 is 0 Å². The van der Waals surface area contributed by atoms with Gasteiger partial charge in [0.05, 0.1) is 14.0 Å². The maximum Gasteiger partial charge on any atom is 0.256 e. The lowest BCUT2D eigenvalue weighted by Crippen LogP contribution is -2.19. The fourth-order valence-electron chi connectivity index (χ4n) is 3.65. The summed E-state index contributed by atoms with van der Waals surface area (Å²) in [4.78, 5) is 8.12. The van der Waals surface area contributed by atoms with Crippen LogP contribution in [0.5, 0.6) is 5.75 Å². The number of ether oxygens (including phenoxy) is 1. The molecule has 0 aliphatic heterocycles. The van der Waals surface area contributed by atoms with Gasteiger partial charge in [0.25, 0.3) is 5.89 Å². The molecule has 0 fully saturated rings. The second-order valence-corrected chi connectivity index (χ2v) is 7.40. The Morgan fingerprint density at radius 1 is 1.40 bits per heavy atom. The molecule has 0 saturated heterocycles. The number of hydrogen-bond acceptors (Lipinski definition) is 5. The van der Waals surface area contributed by atoms with E-state index in [2.05, 4.69) is 20.3 Å². The maximum absolute atomic E-state index is 8.87. The second kappa shape index (κ2) is 8.68. The van der Waals surface area contributed by atoms with E-state index in [-0.39, 0.29) is 12.6 Å². The highest BCUT2D eigenvalue weighted by Gasteiger charge is 2.26. The Hall–Kier alpha value is -3.17. The van der Waals surface area contributed by atoms with Crippen molar-refractivity contribution in [2.75, 3.05) is 6.54 Å². The van der Waals surface area contributed by atoms with Crippen molar-refractivity contribution < 1.29 is 13.4 Å². The van der Waals surface area contributed by atoms with E-state index in [4.69, 9.17) is 19.9 Å². The molecule has 3 aromatic rings. The molecule has 30 heavy (non-hydrogen) atoms. The van der Waals surface area contributed by atoms with E-state index in [9.17, 15) is 0 Å². The van der Waals surface area contributed by atoms with Crippen LogP contribution in [0.25, 0.3) is 27.7 Å². The van der Waals surface area contributed by atoms with Gasteiger partial charge in [0.15, 0.2) is 0 Å². The van der Waals surface area contributed by atoms with Crippen LogP contribution in [0, 0.1) is 6.57 Å². The van der Waals surface area contributed by atoms with E-state index >= 15 is 0 Å². The Bertz CT molecular complexity index is 1210. The second-order valence-electron chi connectivity index (χ2n) is 7.40. The van der Waals surface area contributed by atoms with Gasteiger partial charge in [-0.3, -0.25) is 0 Å². The van der Waals surface area contributed by atoms with Crippen molar-refractivity contribution >= 4 is 5.69 Å². The number of hydrogen-bond donors (Lipinski definition) is 1. The zero-order valence-corrected chi connectivity index (χ0v) is 17.3. The molecule has 6 nitrogen and oxygen atoms in total. The van der Waals surface area contributed by atoms with E-state index in [1.807, 2.05) is 32.0 Å². The third-order valence-electron chi connectivity index (χ3n) is 4.96. The van der Waals surface area contributed by atoms with Crippen molar-refractivity contribution in [3.8, 4) is 28.6 Å². The first kappa shape index (κ1) is 16.6. The minimum atomic E-state index is -1.41. The van der Waals surface area contributed by atoms with E-state index in [0.717, 1.165) is 16.7 Å². The number of benzene rings is 2. The number of nitrogens with one attached hydrogen (secondary N) is 1. The van der Waals surface area contributed by atoms with Crippen molar-refractivity contribution in [3.63, 3.8) is 0 Å². The van der Waals surface area contributed by atoms with Gasteiger partial charge in [-0.05, 0) is 68.9 Å². The summed E-state index contributed by atoms with van der Waals surface area (Å²) in [7, 11) is 0. The first-order valence-electron chi connectivity index (χ1n) is 11.5. The molecule has 1 aliphatic carbocycles. The Labute approximate surface area is 181 Å². The molecule has 0 radical (unpaired) electrons. The summed E-state index contributed by atoms with van der Waals surface area (Å²) < 4.78 is 35.6. The summed E-state index contributed by atoms with van der Waals surface area (Å²) in [6, 6.07) is 9.80. The van der Waals surface area contributed by atoms with Crippen molar-refractivity contribution in [1.29, 1.82) is 0 Å². The van der Waals surface area contributed by atoms with Gasteiger partial charge in [-0.15, -0.1) is 0 Å². The van der Waals surface area contributed by atoms with Gasteiger partial charge < -0.3 is 14.6 Å². The van der Waals surface area contributed by atoms with E-state index in [1.54, 1.807) is 18.2 Å². The topological polar surface area (TPSA) is 64.5 Å². The third kappa shape index (κ3) is 3.94. The SMILES string of the molecule is [2H]C([2H])(C)CN[C@@]1([2H])CCc2c(-c3noc(-c4ccc(OC(C)C)c([N+]#[C-])c4)n3)cccc21. The molecule has 1 aliphatic rings. The third-order valence-corrected chi connectivity index (χ3v) is 4.96. The fourth-order valence-corrected chi connectivity index (χ4v) is 3.65. The van der Waals surface area contributed by atoms with Crippen LogP contribution < -0.4 is 10.1 Å². The van der Waals surface area contributed by atoms with Crippen LogP contribution in [-0.2, 0) is 6.42 Å². The molecule has 1 aromatic heterocycles. The maximum atomic E-state index is 8.87. The van der Waals surface area contributed by atoms with Crippen LogP contribution in [0.2, 0.25) is 0 Å². The van der Waals surface area contributed by atoms with Crippen LogP contribution in [0.3, 0.4) is 0 Å². The lowest BCUT2D eigenvalue weighted by atomic mass is 10.0. The molecule has 1 N–H and O–H groups in total. The lowest BCUT2D eigenvalue weighted by Gasteiger charge is -2.13. The summed E-state index contributed by atoms with van der Waals surface area (Å²) in [6.45, 7) is 12.9. The first-order valence-corrected chi connectivity index (χ1v) is 10.00. The average Bonchev–Trinajstić information content (AvgIpc) is 3.38. The number of rotatable bonds is 7. The summed E-state index contributed by atoms with van der Waals surface area (Å²) >= 11 is 0. The van der Waals surface area contributed by atoms with Crippen molar-refractivity contribution in [3.05, 3.63) is 58.9 Å². The minimum Gasteiger partial charge on any atom is -0.502 e. The first-order chi connectivity index (χ1) is 15.6. The quantitative estimate of drug-likeness (QED) is 0.509. The van der Waals surface area contributed by atoms with Gasteiger partial charge in [-0.2, -0.15) is 4.98 Å². The van der Waals surface area contributed by atoms with Crippen LogP contribution in [0.4, 0.5) is 5.69 Å². The van der Waals surface area contributed by atoms with Gasteiger partial charge in [-0.25, -0.2) is 4.85 Å². The average molecular weight is 406 g/mol. The standard InChI is InChI=1S/C24H26N4O2/c1-5-13-26-20-11-10-17-18(20)7-6-8-19(17)23-27-24(30-28-23)16-9-12-22(29-15(2)3)21(14-16)25-4/h6-9,12,14-15,20,26H,5,10-11,13H2,1-3H3/t20-/m0/s1/i5D2,20D. The Balaban J connectivity index is 1.64. The van der Waals surface area contributed by atoms with Crippen LogP contribution in [0.15, 0.2) is 40.9 Å². The highest BCUT2D eigenvalue weighted by Crippen LogP contribution is 2.38. The molecule has 0 amide bonds. The van der Waals surface area contributed by atoms with Crippen molar-refractivity contribution in [2.45, 2.75) is 52.1 Å². The molecule has 0 saturated carbocycles. The summed E-state index contributed by atoms with van der Waals surface area (Å²) in [6.07, 6.45) is -0.258.